The highest BCUT2D eigenvalue weighted by molar-refractivity contribution is 7.17. The van der Waals surface area contributed by atoms with Crippen LogP contribution in [0, 0.1) is 6.92 Å². The molecule has 3 aromatic heterocycles. The third kappa shape index (κ3) is 3.37. The Bertz CT molecular complexity index is 966. The molecule has 1 N–H and O–H groups in total. The molecule has 0 spiro atoms. The predicted molar refractivity (Wildman–Crippen MR) is 100 cm³/mol. The summed E-state index contributed by atoms with van der Waals surface area (Å²) >= 11 is 2.95. The van der Waals surface area contributed by atoms with Gasteiger partial charge in [0.1, 0.15) is 10.5 Å². The molecule has 130 valence electrons. The number of piperazine rings is 1. The molecule has 0 bridgehead atoms. The molecule has 0 aliphatic carbocycles. The number of carbonyl (C=O) groups is 1. The summed E-state index contributed by atoms with van der Waals surface area (Å²) in [6.07, 6.45) is 0. The average molecular weight is 374 g/mol. The third-order valence-corrected chi connectivity index (χ3v) is 6.24. The van der Waals surface area contributed by atoms with Gasteiger partial charge >= 0.3 is 0 Å². The van der Waals surface area contributed by atoms with Gasteiger partial charge in [0.2, 0.25) is 0 Å². The van der Waals surface area contributed by atoms with Gasteiger partial charge in [-0.05, 0) is 30.5 Å². The van der Waals surface area contributed by atoms with Gasteiger partial charge in [0.15, 0.2) is 0 Å². The summed E-state index contributed by atoms with van der Waals surface area (Å²) in [6, 6.07) is 5.76. The van der Waals surface area contributed by atoms with E-state index in [1.165, 1.54) is 11.3 Å². The second kappa shape index (κ2) is 6.70. The molecule has 0 atom stereocenters. The van der Waals surface area contributed by atoms with Crippen molar-refractivity contribution in [3.63, 3.8) is 0 Å². The highest BCUT2D eigenvalue weighted by Crippen LogP contribution is 2.19. The van der Waals surface area contributed by atoms with E-state index in [1.807, 2.05) is 35.4 Å². The number of hydrogen-bond donors (Lipinski definition) is 1. The number of H-pyrrole nitrogens is 1. The van der Waals surface area contributed by atoms with E-state index < -0.39 is 0 Å². The highest BCUT2D eigenvalue weighted by atomic mass is 32.1. The van der Waals surface area contributed by atoms with E-state index >= 15 is 0 Å². The topological polar surface area (TPSA) is 69.3 Å². The standard InChI is InChI=1S/C17H18N4O2S2/c1-11-2-3-13(25-11)17(23)21-7-5-20(6-8-21)10-14-18-12-4-9-24-15(12)16(22)19-14/h2-4,9H,5-8,10H2,1H3,(H,18,19,22). The zero-order chi connectivity index (χ0) is 17.4. The second-order valence-electron chi connectivity index (χ2n) is 6.13. The Balaban J connectivity index is 1.40. The van der Waals surface area contributed by atoms with Gasteiger partial charge in [0.25, 0.3) is 11.5 Å². The first-order valence-corrected chi connectivity index (χ1v) is 9.84. The first-order chi connectivity index (χ1) is 12.1. The van der Waals surface area contributed by atoms with Crippen molar-refractivity contribution in [2.45, 2.75) is 13.5 Å². The molecule has 25 heavy (non-hydrogen) atoms. The van der Waals surface area contributed by atoms with E-state index in [0.29, 0.717) is 30.2 Å². The molecular formula is C17H18N4O2S2. The van der Waals surface area contributed by atoms with Crippen molar-refractivity contribution in [3.05, 3.63) is 49.5 Å². The predicted octanol–water partition coefficient (Wildman–Crippen LogP) is 2.31. The largest absolute Gasteiger partial charge is 0.335 e. The van der Waals surface area contributed by atoms with Crippen molar-refractivity contribution < 1.29 is 4.79 Å². The average Bonchev–Trinajstić information content (AvgIpc) is 3.24. The van der Waals surface area contributed by atoms with Crippen LogP contribution < -0.4 is 5.56 Å². The third-order valence-electron chi connectivity index (χ3n) is 4.35. The van der Waals surface area contributed by atoms with Crippen LogP contribution in [0.3, 0.4) is 0 Å². The number of fused-ring (bicyclic) bond motifs is 1. The molecule has 0 radical (unpaired) electrons. The number of nitrogens with zero attached hydrogens (tertiary/aromatic N) is 3. The van der Waals surface area contributed by atoms with Crippen molar-refractivity contribution in [2.75, 3.05) is 26.2 Å². The van der Waals surface area contributed by atoms with Gasteiger partial charge in [-0.2, -0.15) is 0 Å². The van der Waals surface area contributed by atoms with Crippen LogP contribution in [0.15, 0.2) is 28.4 Å². The molecule has 1 amide bonds. The maximum Gasteiger partial charge on any atom is 0.268 e. The number of aromatic nitrogens is 2. The van der Waals surface area contributed by atoms with Crippen molar-refractivity contribution in [2.24, 2.45) is 0 Å². The van der Waals surface area contributed by atoms with Crippen LogP contribution in [0.25, 0.3) is 10.2 Å². The summed E-state index contributed by atoms with van der Waals surface area (Å²) < 4.78 is 0.672. The van der Waals surface area contributed by atoms with Gasteiger partial charge in [-0.1, -0.05) is 0 Å². The Morgan fingerprint density at radius 2 is 2.04 bits per heavy atom. The number of thiophene rings is 2. The number of amides is 1. The van der Waals surface area contributed by atoms with Crippen molar-refractivity contribution >= 4 is 38.8 Å². The van der Waals surface area contributed by atoms with Crippen LogP contribution in [-0.4, -0.2) is 51.9 Å². The highest BCUT2D eigenvalue weighted by Gasteiger charge is 2.23. The SMILES string of the molecule is Cc1ccc(C(=O)N2CCN(Cc3nc4ccsc4c(=O)[nH]3)CC2)s1. The minimum atomic E-state index is -0.0723. The number of nitrogens with one attached hydrogen (secondary N) is 1. The monoisotopic (exact) mass is 374 g/mol. The number of aromatic amines is 1. The molecule has 0 saturated carbocycles. The molecule has 0 aromatic carbocycles. The lowest BCUT2D eigenvalue weighted by molar-refractivity contribution is 0.0630. The molecule has 4 heterocycles. The summed E-state index contributed by atoms with van der Waals surface area (Å²) in [5, 5.41) is 1.88. The van der Waals surface area contributed by atoms with Crippen LogP contribution in [0.2, 0.25) is 0 Å². The van der Waals surface area contributed by atoms with E-state index in [-0.39, 0.29) is 11.5 Å². The first kappa shape index (κ1) is 16.4. The van der Waals surface area contributed by atoms with Crippen molar-refractivity contribution in [1.82, 2.24) is 19.8 Å². The number of hydrogen-bond acceptors (Lipinski definition) is 6. The van der Waals surface area contributed by atoms with Gasteiger partial charge in [-0.3, -0.25) is 14.5 Å². The van der Waals surface area contributed by atoms with Crippen LogP contribution in [0.5, 0.6) is 0 Å². The summed E-state index contributed by atoms with van der Waals surface area (Å²) in [7, 11) is 0. The molecule has 1 fully saturated rings. The van der Waals surface area contributed by atoms with Gasteiger partial charge in [-0.25, -0.2) is 4.98 Å². The van der Waals surface area contributed by atoms with E-state index in [2.05, 4.69) is 14.9 Å². The van der Waals surface area contributed by atoms with Crippen molar-refractivity contribution in [1.29, 1.82) is 0 Å². The van der Waals surface area contributed by atoms with Gasteiger partial charge < -0.3 is 9.88 Å². The molecule has 8 heteroatoms. The summed E-state index contributed by atoms with van der Waals surface area (Å²) in [4.78, 5) is 38.0. The minimum Gasteiger partial charge on any atom is -0.335 e. The zero-order valence-corrected chi connectivity index (χ0v) is 15.5. The lowest BCUT2D eigenvalue weighted by atomic mass is 10.3. The van der Waals surface area contributed by atoms with Gasteiger partial charge in [0.05, 0.1) is 16.9 Å². The maximum absolute atomic E-state index is 12.5. The fraction of sp³-hybridized carbons (Fsp3) is 0.353. The molecule has 1 saturated heterocycles. The van der Waals surface area contributed by atoms with Crippen LogP contribution in [0.4, 0.5) is 0 Å². The number of rotatable bonds is 3. The fourth-order valence-electron chi connectivity index (χ4n) is 3.02. The molecule has 3 aromatic rings. The molecule has 1 aliphatic rings. The Labute approximate surface area is 152 Å². The Morgan fingerprint density at radius 3 is 2.76 bits per heavy atom. The Morgan fingerprint density at radius 1 is 1.24 bits per heavy atom. The normalized spacial score (nSPS) is 15.8. The van der Waals surface area contributed by atoms with Gasteiger partial charge in [-0.15, -0.1) is 22.7 Å². The quantitative estimate of drug-likeness (QED) is 0.764. The second-order valence-corrected chi connectivity index (χ2v) is 8.33. The zero-order valence-electron chi connectivity index (χ0n) is 13.8. The molecule has 4 rings (SSSR count). The number of carbonyl (C=O) groups excluding carboxylic acids is 1. The fourth-order valence-corrected chi connectivity index (χ4v) is 4.58. The first-order valence-electron chi connectivity index (χ1n) is 8.14. The van der Waals surface area contributed by atoms with E-state index in [9.17, 15) is 9.59 Å². The lowest BCUT2D eigenvalue weighted by Gasteiger charge is -2.34. The molecule has 1 aliphatic heterocycles. The lowest BCUT2D eigenvalue weighted by Crippen LogP contribution is -2.48. The van der Waals surface area contributed by atoms with Crippen LogP contribution in [-0.2, 0) is 6.54 Å². The van der Waals surface area contributed by atoms with Crippen LogP contribution >= 0.6 is 22.7 Å². The Hall–Kier alpha value is -2.03. The van der Waals surface area contributed by atoms with E-state index in [1.54, 1.807) is 11.3 Å². The summed E-state index contributed by atoms with van der Waals surface area (Å²) in [5.74, 6) is 0.800. The maximum atomic E-state index is 12.5. The van der Waals surface area contributed by atoms with E-state index in [4.69, 9.17) is 0 Å². The summed E-state index contributed by atoms with van der Waals surface area (Å²) in [5.41, 5.74) is 0.683. The van der Waals surface area contributed by atoms with E-state index in [0.717, 1.165) is 28.4 Å². The summed E-state index contributed by atoms with van der Waals surface area (Å²) in [6.45, 7) is 5.56. The van der Waals surface area contributed by atoms with Crippen molar-refractivity contribution in [3.8, 4) is 0 Å². The molecular weight excluding hydrogens is 356 g/mol. The smallest absolute Gasteiger partial charge is 0.268 e. The van der Waals surface area contributed by atoms with Crippen LogP contribution in [0.1, 0.15) is 20.4 Å². The molecule has 0 unspecified atom stereocenters. The van der Waals surface area contributed by atoms with Gasteiger partial charge in [0, 0.05) is 31.1 Å². The Kier molecular flexibility index (Phi) is 4.41. The number of aryl methyl sites for hydroxylation is 1. The molecule has 6 nitrogen and oxygen atoms in total. The minimum absolute atomic E-state index is 0.0723.